The fourth-order valence-corrected chi connectivity index (χ4v) is 2.79. The van der Waals surface area contributed by atoms with Crippen LogP contribution in [-0.4, -0.2) is 36.7 Å². The predicted molar refractivity (Wildman–Crippen MR) is 78.9 cm³/mol. The number of hydrogen-bond acceptors (Lipinski definition) is 5. The van der Waals surface area contributed by atoms with E-state index in [-0.39, 0.29) is 18.3 Å². The lowest BCUT2D eigenvalue weighted by atomic mass is 10.1. The van der Waals surface area contributed by atoms with Crippen LogP contribution in [0.4, 0.5) is 0 Å². The van der Waals surface area contributed by atoms with Gasteiger partial charge >= 0.3 is 0 Å². The van der Waals surface area contributed by atoms with Crippen LogP contribution in [0.25, 0.3) is 0 Å². The molecule has 22 heavy (non-hydrogen) atoms. The molecule has 5 heteroatoms. The average molecular weight is 304 g/mol. The molecule has 4 unspecified atom stereocenters. The molecule has 0 amide bonds. The van der Waals surface area contributed by atoms with Crippen LogP contribution in [0.5, 0.6) is 0 Å². The molecule has 4 atom stereocenters. The van der Waals surface area contributed by atoms with E-state index in [2.05, 4.69) is 0 Å². The number of fused-ring (bicyclic) bond motifs is 1. The third kappa shape index (κ3) is 3.28. The van der Waals surface area contributed by atoms with E-state index in [0.29, 0.717) is 6.61 Å². The number of carbonyl (C=O) groups is 1. The van der Waals surface area contributed by atoms with Crippen LogP contribution in [-0.2, 0) is 30.3 Å². The standard InChI is InChI=1S/C17H20O5/c1-17(2)21-14-13(9-6-10-18)20-16(15(14)22-17)19-11-12-7-4-3-5-8-12/h3-10,13-16H,11H2,1-2H3/b9-6+. The van der Waals surface area contributed by atoms with Crippen molar-refractivity contribution in [3.63, 3.8) is 0 Å². The molecule has 2 saturated heterocycles. The van der Waals surface area contributed by atoms with Crippen molar-refractivity contribution in [2.24, 2.45) is 0 Å². The molecule has 1 aromatic rings. The zero-order valence-corrected chi connectivity index (χ0v) is 12.7. The SMILES string of the molecule is CC1(C)OC2C(/C=C/C=O)OC(OCc3ccccc3)C2O1. The number of benzene rings is 1. The number of allylic oxidation sites excluding steroid dienone is 1. The molecule has 0 saturated carbocycles. The molecule has 0 bridgehead atoms. The molecule has 118 valence electrons. The lowest BCUT2D eigenvalue weighted by Crippen LogP contribution is -2.31. The Balaban J connectivity index is 1.68. The molecule has 1 aromatic carbocycles. The topological polar surface area (TPSA) is 54.0 Å². The molecule has 0 aromatic heterocycles. The number of hydrogen-bond donors (Lipinski definition) is 0. The number of ether oxygens (including phenoxy) is 4. The zero-order chi connectivity index (χ0) is 15.6. The van der Waals surface area contributed by atoms with Crippen molar-refractivity contribution in [2.45, 2.75) is 50.8 Å². The van der Waals surface area contributed by atoms with Crippen LogP contribution in [0.1, 0.15) is 19.4 Å². The summed E-state index contributed by atoms with van der Waals surface area (Å²) < 4.78 is 23.4. The molecule has 0 aliphatic carbocycles. The average Bonchev–Trinajstić information content (AvgIpc) is 2.98. The number of carbonyl (C=O) groups excluding carboxylic acids is 1. The monoisotopic (exact) mass is 304 g/mol. The minimum atomic E-state index is -0.680. The summed E-state index contributed by atoms with van der Waals surface area (Å²) >= 11 is 0. The third-order valence-electron chi connectivity index (χ3n) is 3.68. The Morgan fingerprint density at radius 3 is 2.64 bits per heavy atom. The van der Waals surface area contributed by atoms with Crippen molar-refractivity contribution < 1.29 is 23.7 Å². The van der Waals surface area contributed by atoms with Gasteiger partial charge in [0.1, 0.15) is 24.6 Å². The van der Waals surface area contributed by atoms with E-state index in [1.54, 1.807) is 6.08 Å². The van der Waals surface area contributed by atoms with Crippen LogP contribution >= 0.6 is 0 Å². The molecular weight excluding hydrogens is 284 g/mol. The van der Waals surface area contributed by atoms with Crippen LogP contribution < -0.4 is 0 Å². The van der Waals surface area contributed by atoms with Gasteiger partial charge in [-0.05, 0) is 31.6 Å². The Bertz CT molecular complexity index is 539. The molecule has 0 radical (unpaired) electrons. The maximum Gasteiger partial charge on any atom is 0.187 e. The quantitative estimate of drug-likeness (QED) is 0.616. The van der Waals surface area contributed by atoms with Crippen molar-refractivity contribution >= 4 is 6.29 Å². The van der Waals surface area contributed by atoms with Crippen LogP contribution in [0.2, 0.25) is 0 Å². The minimum Gasteiger partial charge on any atom is -0.345 e. The van der Waals surface area contributed by atoms with E-state index < -0.39 is 12.1 Å². The first-order valence-corrected chi connectivity index (χ1v) is 7.38. The summed E-state index contributed by atoms with van der Waals surface area (Å²) in [4.78, 5) is 10.5. The second-order valence-electron chi connectivity index (χ2n) is 5.85. The van der Waals surface area contributed by atoms with Crippen LogP contribution in [0.15, 0.2) is 42.5 Å². The lowest BCUT2D eigenvalue weighted by Gasteiger charge is -2.23. The first-order chi connectivity index (χ1) is 10.6. The normalized spacial score (nSPS) is 33.2. The first kappa shape index (κ1) is 15.4. The molecule has 2 heterocycles. The molecule has 0 N–H and O–H groups in total. The van der Waals surface area contributed by atoms with Crippen molar-refractivity contribution in [3.8, 4) is 0 Å². The van der Waals surface area contributed by atoms with Gasteiger partial charge in [0.15, 0.2) is 12.1 Å². The van der Waals surface area contributed by atoms with Gasteiger partial charge in [0, 0.05) is 0 Å². The molecule has 2 fully saturated rings. The Hall–Kier alpha value is -1.53. The molecule has 5 nitrogen and oxygen atoms in total. The van der Waals surface area contributed by atoms with E-state index in [1.165, 1.54) is 6.08 Å². The van der Waals surface area contributed by atoms with Gasteiger partial charge in [0.2, 0.25) is 0 Å². The van der Waals surface area contributed by atoms with Crippen molar-refractivity contribution in [2.75, 3.05) is 0 Å². The van der Waals surface area contributed by atoms with Gasteiger partial charge in [0.05, 0.1) is 6.61 Å². The Kier molecular flexibility index (Phi) is 4.40. The number of rotatable bonds is 5. The predicted octanol–water partition coefficient (Wildman–Crippen LogP) is 2.20. The second kappa shape index (κ2) is 6.30. The van der Waals surface area contributed by atoms with E-state index in [1.807, 2.05) is 44.2 Å². The van der Waals surface area contributed by atoms with Gasteiger partial charge in [-0.3, -0.25) is 4.79 Å². The van der Waals surface area contributed by atoms with E-state index in [4.69, 9.17) is 18.9 Å². The third-order valence-corrected chi connectivity index (χ3v) is 3.68. The summed E-state index contributed by atoms with van der Waals surface area (Å²) in [5.74, 6) is -0.680. The summed E-state index contributed by atoms with van der Waals surface area (Å²) in [5.41, 5.74) is 1.06. The van der Waals surface area contributed by atoms with E-state index in [9.17, 15) is 4.79 Å². The Morgan fingerprint density at radius 1 is 1.18 bits per heavy atom. The summed E-state index contributed by atoms with van der Waals surface area (Å²) in [5, 5.41) is 0. The molecule has 3 rings (SSSR count). The fourth-order valence-electron chi connectivity index (χ4n) is 2.79. The van der Waals surface area contributed by atoms with Crippen LogP contribution in [0.3, 0.4) is 0 Å². The maximum atomic E-state index is 10.5. The van der Waals surface area contributed by atoms with Gasteiger partial charge in [-0.15, -0.1) is 0 Å². The summed E-state index contributed by atoms with van der Waals surface area (Å²) in [6, 6.07) is 9.87. The fraction of sp³-hybridized carbons (Fsp3) is 0.471. The Morgan fingerprint density at radius 2 is 1.91 bits per heavy atom. The highest BCUT2D eigenvalue weighted by atomic mass is 16.8. The molecule has 0 spiro atoms. The van der Waals surface area contributed by atoms with Crippen LogP contribution in [0, 0.1) is 0 Å². The van der Waals surface area contributed by atoms with Gasteiger partial charge in [-0.1, -0.05) is 30.3 Å². The molecule has 2 aliphatic heterocycles. The minimum absolute atomic E-state index is 0.271. The maximum absolute atomic E-state index is 10.5. The summed E-state index contributed by atoms with van der Waals surface area (Å²) in [7, 11) is 0. The van der Waals surface area contributed by atoms with E-state index in [0.717, 1.165) is 11.8 Å². The van der Waals surface area contributed by atoms with Crippen molar-refractivity contribution in [1.29, 1.82) is 0 Å². The van der Waals surface area contributed by atoms with Crippen molar-refractivity contribution in [1.82, 2.24) is 0 Å². The second-order valence-corrected chi connectivity index (χ2v) is 5.85. The lowest BCUT2D eigenvalue weighted by molar-refractivity contribution is -0.231. The summed E-state index contributed by atoms with van der Waals surface area (Å²) in [6.07, 6.45) is 2.37. The summed E-state index contributed by atoms with van der Waals surface area (Å²) in [6.45, 7) is 4.16. The van der Waals surface area contributed by atoms with Crippen molar-refractivity contribution in [3.05, 3.63) is 48.0 Å². The Labute approximate surface area is 129 Å². The molecule has 2 aliphatic rings. The van der Waals surface area contributed by atoms with Gasteiger partial charge in [0.25, 0.3) is 0 Å². The highest BCUT2D eigenvalue weighted by molar-refractivity contribution is 5.64. The highest BCUT2D eigenvalue weighted by Crippen LogP contribution is 2.39. The molecular formula is C17H20O5. The highest BCUT2D eigenvalue weighted by Gasteiger charge is 2.55. The smallest absolute Gasteiger partial charge is 0.187 e. The zero-order valence-electron chi connectivity index (χ0n) is 12.7. The van der Waals surface area contributed by atoms with E-state index >= 15 is 0 Å². The van der Waals surface area contributed by atoms with Gasteiger partial charge in [-0.2, -0.15) is 0 Å². The van der Waals surface area contributed by atoms with Gasteiger partial charge in [-0.25, -0.2) is 0 Å². The first-order valence-electron chi connectivity index (χ1n) is 7.38. The largest absolute Gasteiger partial charge is 0.345 e. The van der Waals surface area contributed by atoms with Gasteiger partial charge < -0.3 is 18.9 Å². The number of aldehydes is 1.